The molecule has 0 fully saturated rings. The molecule has 1 aromatic rings. The summed E-state index contributed by atoms with van der Waals surface area (Å²) in [4.78, 5) is 22.8. The summed E-state index contributed by atoms with van der Waals surface area (Å²) in [7, 11) is -2.31. The predicted octanol–water partition coefficient (Wildman–Crippen LogP) is 1.32. The molecule has 0 spiro atoms. The molecule has 9 heteroatoms. The summed E-state index contributed by atoms with van der Waals surface area (Å²) in [5, 5.41) is 11.2. The number of aliphatic carboxylic acids is 1. The summed E-state index contributed by atoms with van der Waals surface area (Å²) in [6.07, 6.45) is 0.217. The maximum Gasteiger partial charge on any atom is 0.303 e. The molecule has 0 heterocycles. The number of carboxylic acid groups (broad SMARTS) is 1. The molecule has 0 radical (unpaired) electrons. The highest BCUT2D eigenvalue weighted by Crippen LogP contribution is 2.24. The Labute approximate surface area is 147 Å². The predicted molar refractivity (Wildman–Crippen MR) is 92.3 cm³/mol. The van der Waals surface area contributed by atoms with E-state index in [2.05, 4.69) is 5.32 Å². The number of carbonyl (C=O) groups is 2. The van der Waals surface area contributed by atoms with Gasteiger partial charge in [-0.2, -0.15) is 4.31 Å². The van der Waals surface area contributed by atoms with E-state index in [4.69, 9.17) is 9.84 Å². The number of amides is 1. The number of benzene rings is 1. The van der Waals surface area contributed by atoms with Crippen molar-refractivity contribution in [1.82, 2.24) is 9.62 Å². The zero-order valence-electron chi connectivity index (χ0n) is 14.6. The lowest BCUT2D eigenvalue weighted by molar-refractivity contribution is -0.137. The second-order valence-electron chi connectivity index (χ2n) is 5.20. The maximum absolute atomic E-state index is 12.6. The highest BCUT2D eigenvalue weighted by atomic mass is 32.2. The van der Waals surface area contributed by atoms with Crippen LogP contribution in [-0.4, -0.2) is 56.5 Å². The van der Waals surface area contributed by atoms with E-state index in [1.807, 2.05) is 0 Å². The second-order valence-corrected chi connectivity index (χ2v) is 7.14. The van der Waals surface area contributed by atoms with Crippen LogP contribution in [0.2, 0.25) is 0 Å². The first-order valence-electron chi connectivity index (χ1n) is 7.96. The molecule has 1 amide bonds. The average molecular weight is 372 g/mol. The van der Waals surface area contributed by atoms with E-state index < -0.39 is 21.9 Å². The molecule has 1 aromatic carbocycles. The Morgan fingerprint density at radius 2 is 1.88 bits per heavy atom. The van der Waals surface area contributed by atoms with E-state index in [9.17, 15) is 18.0 Å². The number of rotatable bonds is 10. The summed E-state index contributed by atoms with van der Waals surface area (Å²) >= 11 is 0. The van der Waals surface area contributed by atoms with Crippen LogP contribution in [0.1, 0.15) is 37.0 Å². The fourth-order valence-corrected chi connectivity index (χ4v) is 3.76. The number of hydrogen-bond donors (Lipinski definition) is 2. The SMILES string of the molecule is CCN(CC)S(=O)(=O)c1ccc(OC)c(C(=O)NCCCC(=O)O)c1. The van der Waals surface area contributed by atoms with Crippen LogP contribution in [0.25, 0.3) is 0 Å². The van der Waals surface area contributed by atoms with Gasteiger partial charge in [-0.1, -0.05) is 13.8 Å². The molecule has 8 nitrogen and oxygen atoms in total. The van der Waals surface area contributed by atoms with Crippen molar-refractivity contribution in [2.45, 2.75) is 31.6 Å². The first-order chi connectivity index (χ1) is 11.8. The van der Waals surface area contributed by atoms with Crippen LogP contribution in [0.4, 0.5) is 0 Å². The molecule has 0 unspecified atom stereocenters. The van der Waals surface area contributed by atoms with E-state index in [0.29, 0.717) is 13.1 Å². The van der Waals surface area contributed by atoms with Crippen LogP contribution in [-0.2, 0) is 14.8 Å². The quantitative estimate of drug-likeness (QED) is 0.599. The topological polar surface area (TPSA) is 113 Å². The molecule has 0 saturated carbocycles. The van der Waals surface area contributed by atoms with E-state index in [-0.39, 0.29) is 35.6 Å². The molecular weight excluding hydrogens is 348 g/mol. The lowest BCUT2D eigenvalue weighted by atomic mass is 10.2. The molecular formula is C16H24N2O6S. The maximum atomic E-state index is 12.6. The fourth-order valence-electron chi connectivity index (χ4n) is 2.27. The molecule has 0 aliphatic rings. The van der Waals surface area contributed by atoms with Crippen molar-refractivity contribution in [1.29, 1.82) is 0 Å². The van der Waals surface area contributed by atoms with Crippen molar-refractivity contribution >= 4 is 21.9 Å². The summed E-state index contributed by atoms with van der Waals surface area (Å²) in [5.74, 6) is -1.22. The third-order valence-electron chi connectivity index (χ3n) is 3.61. The van der Waals surface area contributed by atoms with Gasteiger partial charge in [-0.3, -0.25) is 9.59 Å². The molecule has 0 saturated heterocycles. The molecule has 25 heavy (non-hydrogen) atoms. The largest absolute Gasteiger partial charge is 0.496 e. The fraction of sp³-hybridized carbons (Fsp3) is 0.500. The van der Waals surface area contributed by atoms with E-state index in [1.54, 1.807) is 13.8 Å². The highest BCUT2D eigenvalue weighted by molar-refractivity contribution is 7.89. The van der Waals surface area contributed by atoms with Crippen LogP contribution in [0, 0.1) is 0 Å². The number of nitrogens with zero attached hydrogens (tertiary/aromatic N) is 1. The lowest BCUT2D eigenvalue weighted by Gasteiger charge is -2.19. The summed E-state index contributed by atoms with van der Waals surface area (Å²) in [5.41, 5.74) is 0.0889. The van der Waals surface area contributed by atoms with Gasteiger partial charge in [0.05, 0.1) is 17.6 Å². The van der Waals surface area contributed by atoms with Crippen molar-refractivity contribution in [3.63, 3.8) is 0 Å². The van der Waals surface area contributed by atoms with Crippen molar-refractivity contribution < 1.29 is 27.9 Å². The van der Waals surface area contributed by atoms with Gasteiger partial charge in [0, 0.05) is 26.1 Å². The zero-order valence-corrected chi connectivity index (χ0v) is 15.4. The Kier molecular flexibility index (Phi) is 7.85. The molecule has 2 N–H and O–H groups in total. The molecule has 0 aliphatic carbocycles. The summed E-state index contributed by atoms with van der Waals surface area (Å²) in [6, 6.07) is 4.11. The van der Waals surface area contributed by atoms with E-state index >= 15 is 0 Å². The van der Waals surface area contributed by atoms with Gasteiger partial charge < -0.3 is 15.2 Å². The monoisotopic (exact) mass is 372 g/mol. The Hall–Kier alpha value is -2.13. The molecule has 0 atom stereocenters. The minimum absolute atomic E-state index is 0.00712. The van der Waals surface area contributed by atoms with Crippen LogP contribution >= 0.6 is 0 Å². The molecule has 0 aliphatic heterocycles. The van der Waals surface area contributed by atoms with Crippen LogP contribution in [0.15, 0.2) is 23.1 Å². The molecule has 140 valence electrons. The van der Waals surface area contributed by atoms with Crippen molar-refractivity contribution in [2.75, 3.05) is 26.7 Å². The Morgan fingerprint density at radius 3 is 2.40 bits per heavy atom. The third kappa shape index (κ3) is 5.43. The van der Waals surface area contributed by atoms with Gasteiger partial charge in [0.2, 0.25) is 10.0 Å². The lowest BCUT2D eigenvalue weighted by Crippen LogP contribution is -2.31. The highest BCUT2D eigenvalue weighted by Gasteiger charge is 2.24. The van der Waals surface area contributed by atoms with E-state index in [1.165, 1.54) is 29.6 Å². The van der Waals surface area contributed by atoms with Gasteiger partial charge in [0.1, 0.15) is 5.75 Å². The Morgan fingerprint density at radius 1 is 1.24 bits per heavy atom. The van der Waals surface area contributed by atoms with Gasteiger partial charge in [-0.25, -0.2) is 8.42 Å². The second kappa shape index (κ2) is 9.38. The number of sulfonamides is 1. The van der Waals surface area contributed by atoms with Crippen molar-refractivity contribution in [3.8, 4) is 5.75 Å². The zero-order chi connectivity index (χ0) is 19.0. The van der Waals surface area contributed by atoms with Crippen LogP contribution in [0.5, 0.6) is 5.75 Å². The summed E-state index contributed by atoms with van der Waals surface area (Å²) < 4.78 is 31.6. The van der Waals surface area contributed by atoms with Crippen molar-refractivity contribution in [2.24, 2.45) is 0 Å². The van der Waals surface area contributed by atoms with Gasteiger partial charge in [0.15, 0.2) is 0 Å². The van der Waals surface area contributed by atoms with Crippen molar-refractivity contribution in [3.05, 3.63) is 23.8 Å². The minimum atomic E-state index is -3.70. The van der Waals surface area contributed by atoms with Gasteiger partial charge in [-0.05, 0) is 24.6 Å². The average Bonchev–Trinajstić information content (AvgIpc) is 2.58. The minimum Gasteiger partial charge on any atom is -0.496 e. The summed E-state index contributed by atoms with van der Waals surface area (Å²) in [6.45, 7) is 4.28. The number of carbonyl (C=O) groups excluding carboxylic acids is 1. The first kappa shape index (κ1) is 20.9. The molecule has 1 rings (SSSR count). The smallest absolute Gasteiger partial charge is 0.303 e. The molecule has 0 aromatic heterocycles. The van der Waals surface area contributed by atoms with Gasteiger partial charge in [0.25, 0.3) is 5.91 Å². The first-order valence-corrected chi connectivity index (χ1v) is 9.40. The van der Waals surface area contributed by atoms with Gasteiger partial charge >= 0.3 is 5.97 Å². The normalized spacial score (nSPS) is 11.4. The third-order valence-corrected chi connectivity index (χ3v) is 5.66. The van der Waals surface area contributed by atoms with E-state index in [0.717, 1.165) is 0 Å². The Bertz CT molecular complexity index is 713. The van der Waals surface area contributed by atoms with Gasteiger partial charge in [-0.15, -0.1) is 0 Å². The van der Waals surface area contributed by atoms with Crippen LogP contribution < -0.4 is 10.1 Å². The van der Waals surface area contributed by atoms with Crippen LogP contribution in [0.3, 0.4) is 0 Å². The Balaban J connectivity index is 3.06. The number of nitrogens with one attached hydrogen (secondary N) is 1. The standard InChI is InChI=1S/C16H24N2O6S/c1-4-18(5-2)25(22,23)12-8-9-14(24-3)13(11-12)16(21)17-10-6-7-15(19)20/h8-9,11H,4-7,10H2,1-3H3,(H,17,21)(H,19,20). The number of methoxy groups -OCH3 is 1. The molecule has 0 bridgehead atoms. The number of hydrogen-bond acceptors (Lipinski definition) is 5. The number of carboxylic acids is 1. The number of ether oxygens (including phenoxy) is 1.